The van der Waals surface area contributed by atoms with Gasteiger partial charge in [0, 0.05) is 18.6 Å². The van der Waals surface area contributed by atoms with Gasteiger partial charge in [-0.05, 0) is 31.9 Å². The van der Waals surface area contributed by atoms with E-state index in [9.17, 15) is 0 Å². The molecule has 4 aromatic rings. The first-order valence-electron chi connectivity index (χ1n) is 8.78. The Morgan fingerprint density at radius 2 is 1.96 bits per heavy atom. The summed E-state index contributed by atoms with van der Waals surface area (Å²) in [6.45, 7) is 3.89. The van der Waals surface area contributed by atoms with Gasteiger partial charge in [-0.15, -0.1) is 0 Å². The number of nitrogens with one attached hydrogen (secondary N) is 1. The smallest absolute Gasteiger partial charge is 0.188 e. The van der Waals surface area contributed by atoms with E-state index in [0.29, 0.717) is 11.5 Å². The number of anilines is 1. The lowest BCUT2D eigenvalue weighted by Gasteiger charge is -2.37. The molecular formula is C18H20N8. The first kappa shape index (κ1) is 15.3. The number of H-pyrrole nitrogens is 1. The van der Waals surface area contributed by atoms with Crippen LogP contribution in [0.15, 0.2) is 36.8 Å². The number of imidazole rings is 1. The molecule has 1 aliphatic heterocycles. The van der Waals surface area contributed by atoms with Gasteiger partial charge >= 0.3 is 0 Å². The van der Waals surface area contributed by atoms with Gasteiger partial charge in [0.1, 0.15) is 12.1 Å². The van der Waals surface area contributed by atoms with E-state index in [1.54, 1.807) is 6.33 Å². The van der Waals surface area contributed by atoms with E-state index in [0.717, 1.165) is 48.3 Å². The van der Waals surface area contributed by atoms with Crippen molar-refractivity contribution < 1.29 is 0 Å². The van der Waals surface area contributed by atoms with Gasteiger partial charge in [0.25, 0.3) is 0 Å². The van der Waals surface area contributed by atoms with Crippen LogP contribution in [0.5, 0.6) is 0 Å². The van der Waals surface area contributed by atoms with Crippen LogP contribution in [-0.2, 0) is 0 Å². The molecule has 1 aromatic carbocycles. The van der Waals surface area contributed by atoms with Crippen LogP contribution < -0.4 is 10.6 Å². The summed E-state index contributed by atoms with van der Waals surface area (Å²) >= 11 is 0. The van der Waals surface area contributed by atoms with E-state index >= 15 is 0 Å². The quantitative estimate of drug-likeness (QED) is 0.574. The summed E-state index contributed by atoms with van der Waals surface area (Å²) in [5.74, 6) is 1.57. The topological polar surface area (TPSA) is 102 Å². The van der Waals surface area contributed by atoms with Crippen molar-refractivity contribution in [3.05, 3.63) is 36.8 Å². The van der Waals surface area contributed by atoms with Crippen molar-refractivity contribution in [2.45, 2.75) is 25.3 Å². The Morgan fingerprint density at radius 1 is 1.15 bits per heavy atom. The normalized spacial score (nSPS) is 17.2. The molecule has 0 atom stereocenters. The molecule has 0 unspecified atom stereocenters. The summed E-state index contributed by atoms with van der Waals surface area (Å²) in [4.78, 5) is 16.0. The molecule has 0 spiro atoms. The molecule has 0 radical (unpaired) electrons. The summed E-state index contributed by atoms with van der Waals surface area (Å²) in [5.41, 5.74) is 9.46. The highest BCUT2D eigenvalue weighted by Gasteiger charge is 2.27. The summed E-state index contributed by atoms with van der Waals surface area (Å²) in [6, 6.07) is 7.95. The van der Waals surface area contributed by atoms with Gasteiger partial charge in [0.05, 0.1) is 17.2 Å². The fourth-order valence-corrected chi connectivity index (χ4v) is 3.48. The molecule has 1 aliphatic rings. The second-order valence-corrected chi connectivity index (χ2v) is 7.22. The predicted molar refractivity (Wildman–Crippen MR) is 100 cm³/mol. The third-order valence-electron chi connectivity index (χ3n) is 5.15. The van der Waals surface area contributed by atoms with Gasteiger partial charge in [0.2, 0.25) is 0 Å². The molecule has 0 amide bonds. The first-order valence-corrected chi connectivity index (χ1v) is 8.78. The Morgan fingerprint density at radius 3 is 2.81 bits per heavy atom. The number of aromatic amines is 1. The first-order chi connectivity index (χ1) is 12.6. The zero-order chi connectivity index (χ0) is 17.7. The fraction of sp³-hybridized carbons (Fsp3) is 0.333. The minimum Gasteiger partial charge on any atom is -0.355 e. The van der Waals surface area contributed by atoms with Crippen LogP contribution >= 0.6 is 0 Å². The van der Waals surface area contributed by atoms with E-state index in [1.165, 1.54) is 0 Å². The zero-order valence-corrected chi connectivity index (χ0v) is 14.6. The predicted octanol–water partition coefficient (Wildman–Crippen LogP) is 2.01. The van der Waals surface area contributed by atoms with Crippen LogP contribution in [0.25, 0.3) is 28.0 Å². The second kappa shape index (κ2) is 5.50. The molecule has 0 bridgehead atoms. The van der Waals surface area contributed by atoms with Crippen molar-refractivity contribution in [1.29, 1.82) is 0 Å². The molecule has 0 aliphatic carbocycles. The molecule has 132 valence electrons. The Hall–Kier alpha value is -3.00. The van der Waals surface area contributed by atoms with Gasteiger partial charge in [-0.2, -0.15) is 5.10 Å². The minimum absolute atomic E-state index is 0.0856. The number of nitrogens with two attached hydrogens (primary N) is 1. The van der Waals surface area contributed by atoms with Crippen LogP contribution in [-0.4, -0.2) is 48.3 Å². The lowest BCUT2D eigenvalue weighted by Crippen LogP contribution is -2.48. The lowest BCUT2D eigenvalue weighted by atomic mass is 9.91. The molecule has 8 heteroatoms. The van der Waals surface area contributed by atoms with Gasteiger partial charge in [-0.3, -0.25) is 9.67 Å². The highest BCUT2D eigenvalue weighted by Crippen LogP contribution is 2.26. The highest BCUT2D eigenvalue weighted by molar-refractivity contribution is 5.84. The second-order valence-electron chi connectivity index (χ2n) is 7.22. The van der Waals surface area contributed by atoms with E-state index in [4.69, 9.17) is 10.7 Å². The Balaban J connectivity index is 1.52. The number of rotatable bonds is 2. The maximum Gasteiger partial charge on any atom is 0.188 e. The minimum atomic E-state index is -0.0856. The van der Waals surface area contributed by atoms with Crippen molar-refractivity contribution in [2.24, 2.45) is 5.73 Å². The standard InChI is InChI=1S/C18H20N8/c1-18(19)6-8-25(9-7-18)14-10-20-15-16(22-14)23-24-17(15)26-11-21-12-4-2-3-5-13(12)26/h2-5,10-11H,6-9,19H2,1H3,(H,22,23,24). The lowest BCUT2D eigenvalue weighted by molar-refractivity contribution is 0.363. The van der Waals surface area contributed by atoms with Crippen molar-refractivity contribution in [1.82, 2.24) is 29.7 Å². The third kappa shape index (κ3) is 2.41. The van der Waals surface area contributed by atoms with Crippen LogP contribution in [0.3, 0.4) is 0 Å². The van der Waals surface area contributed by atoms with Crippen LogP contribution in [0.2, 0.25) is 0 Å². The van der Waals surface area contributed by atoms with Gasteiger partial charge in [0.15, 0.2) is 17.0 Å². The average molecular weight is 348 g/mol. The fourth-order valence-electron chi connectivity index (χ4n) is 3.48. The molecule has 0 saturated carbocycles. The summed E-state index contributed by atoms with van der Waals surface area (Å²) in [6.07, 6.45) is 5.48. The van der Waals surface area contributed by atoms with Crippen LogP contribution in [0, 0.1) is 0 Å². The Kier molecular flexibility index (Phi) is 3.23. The number of fused-ring (bicyclic) bond motifs is 2. The molecular weight excluding hydrogens is 328 g/mol. The number of aromatic nitrogens is 6. The zero-order valence-electron chi connectivity index (χ0n) is 14.6. The third-order valence-corrected chi connectivity index (χ3v) is 5.15. The largest absolute Gasteiger partial charge is 0.355 e. The molecule has 3 N–H and O–H groups in total. The SMILES string of the molecule is CC1(N)CCN(c2cnc3c(-n4cnc5ccccc54)n[nH]c3n2)CC1. The molecule has 3 aromatic heterocycles. The number of piperidine rings is 1. The van der Waals surface area contributed by atoms with E-state index in [2.05, 4.69) is 32.0 Å². The Labute approximate surface area is 150 Å². The van der Waals surface area contributed by atoms with Crippen LogP contribution in [0.4, 0.5) is 5.82 Å². The van der Waals surface area contributed by atoms with Crippen molar-refractivity contribution in [2.75, 3.05) is 18.0 Å². The van der Waals surface area contributed by atoms with Gasteiger partial charge in [-0.1, -0.05) is 12.1 Å². The summed E-state index contributed by atoms with van der Waals surface area (Å²) in [5, 5.41) is 7.44. The Bertz CT molecular complexity index is 1080. The summed E-state index contributed by atoms with van der Waals surface area (Å²) in [7, 11) is 0. The molecule has 4 heterocycles. The molecule has 8 nitrogen and oxygen atoms in total. The monoisotopic (exact) mass is 348 g/mol. The van der Waals surface area contributed by atoms with Crippen molar-refractivity contribution >= 4 is 28.0 Å². The van der Waals surface area contributed by atoms with Crippen LogP contribution in [0.1, 0.15) is 19.8 Å². The number of benzene rings is 1. The van der Waals surface area contributed by atoms with Gasteiger partial charge in [-0.25, -0.2) is 15.0 Å². The maximum absolute atomic E-state index is 6.22. The molecule has 1 saturated heterocycles. The number of para-hydroxylation sites is 2. The summed E-state index contributed by atoms with van der Waals surface area (Å²) < 4.78 is 1.93. The molecule has 5 rings (SSSR count). The number of nitrogens with zero attached hydrogens (tertiary/aromatic N) is 6. The van der Waals surface area contributed by atoms with E-state index < -0.39 is 0 Å². The van der Waals surface area contributed by atoms with E-state index in [1.807, 2.05) is 35.0 Å². The number of hydrogen-bond acceptors (Lipinski definition) is 6. The van der Waals surface area contributed by atoms with Crippen molar-refractivity contribution in [3.8, 4) is 5.82 Å². The average Bonchev–Trinajstić information content (AvgIpc) is 3.24. The van der Waals surface area contributed by atoms with Crippen molar-refractivity contribution in [3.63, 3.8) is 0 Å². The highest BCUT2D eigenvalue weighted by atomic mass is 15.3. The molecule has 26 heavy (non-hydrogen) atoms. The van der Waals surface area contributed by atoms with Gasteiger partial charge < -0.3 is 10.6 Å². The van der Waals surface area contributed by atoms with E-state index in [-0.39, 0.29) is 5.54 Å². The number of hydrogen-bond donors (Lipinski definition) is 2. The maximum atomic E-state index is 6.22. The molecule has 1 fully saturated rings.